The van der Waals surface area contributed by atoms with Crippen molar-refractivity contribution in [2.75, 3.05) is 53.4 Å². The van der Waals surface area contributed by atoms with Crippen LogP contribution in [0.3, 0.4) is 0 Å². The molecule has 1 aliphatic rings. The van der Waals surface area contributed by atoms with Crippen molar-refractivity contribution in [1.82, 2.24) is 15.1 Å². The molecule has 1 aromatic carbocycles. The van der Waals surface area contributed by atoms with E-state index in [-0.39, 0.29) is 0 Å². The second-order valence-electron chi connectivity index (χ2n) is 5.41. The van der Waals surface area contributed by atoms with E-state index >= 15 is 0 Å². The molecule has 1 aliphatic heterocycles. The average Bonchev–Trinajstić information content (AvgIpc) is 2.44. The Labute approximate surface area is 144 Å². The van der Waals surface area contributed by atoms with Crippen LogP contribution in [0, 0.1) is 0 Å². The van der Waals surface area contributed by atoms with Gasteiger partial charge in [-0.25, -0.2) is 0 Å². The zero-order chi connectivity index (χ0) is 15.2. The van der Waals surface area contributed by atoms with Crippen LogP contribution in [-0.4, -0.2) is 63.2 Å². The van der Waals surface area contributed by atoms with Gasteiger partial charge in [0.15, 0.2) is 0 Å². The van der Waals surface area contributed by atoms with E-state index in [9.17, 15) is 0 Å². The van der Waals surface area contributed by atoms with Crippen molar-refractivity contribution in [3.63, 3.8) is 0 Å². The fourth-order valence-electron chi connectivity index (χ4n) is 2.40. The van der Waals surface area contributed by atoms with E-state index in [1.54, 1.807) is 0 Å². The molecule has 1 N–H and O–H groups in total. The lowest BCUT2D eigenvalue weighted by Gasteiger charge is -2.32. The molecule has 0 saturated carbocycles. The number of hydrogen-bond acceptors (Lipinski definition) is 4. The third kappa shape index (κ3) is 5.21. The first-order chi connectivity index (χ1) is 10.1. The quantitative estimate of drug-likeness (QED) is 0.765. The lowest BCUT2D eigenvalue weighted by Crippen LogP contribution is -2.45. The standard InChI is InChI=1S/C15H23Br2N3O/c1-18-11-12-9-13(16)15(14(17)10-12)21-8-7-20-5-3-19(2)4-6-20/h9-10,18H,3-8,11H2,1-2H3. The van der Waals surface area contributed by atoms with E-state index in [2.05, 4.69) is 66.2 Å². The molecule has 0 aliphatic carbocycles. The Balaban J connectivity index is 1.85. The maximum absolute atomic E-state index is 5.96. The molecule has 1 saturated heterocycles. The SMILES string of the molecule is CNCc1cc(Br)c(OCCN2CCN(C)CC2)c(Br)c1. The van der Waals surface area contributed by atoms with Crippen molar-refractivity contribution in [2.45, 2.75) is 6.54 Å². The first kappa shape index (κ1) is 17.2. The topological polar surface area (TPSA) is 27.7 Å². The van der Waals surface area contributed by atoms with Gasteiger partial charge in [0.05, 0.1) is 8.95 Å². The summed E-state index contributed by atoms with van der Waals surface area (Å²) in [5, 5.41) is 3.15. The van der Waals surface area contributed by atoms with Crippen LogP contribution in [0.15, 0.2) is 21.1 Å². The molecular formula is C15H23Br2N3O. The Morgan fingerprint density at radius 3 is 2.33 bits per heavy atom. The first-order valence-corrected chi connectivity index (χ1v) is 8.85. The van der Waals surface area contributed by atoms with Crippen LogP contribution in [0.25, 0.3) is 0 Å². The predicted molar refractivity (Wildman–Crippen MR) is 94.0 cm³/mol. The highest BCUT2D eigenvalue weighted by Gasteiger charge is 2.14. The van der Waals surface area contributed by atoms with Crippen molar-refractivity contribution in [1.29, 1.82) is 0 Å². The van der Waals surface area contributed by atoms with Gasteiger partial charge in [-0.05, 0) is 63.7 Å². The van der Waals surface area contributed by atoms with Crippen LogP contribution >= 0.6 is 31.9 Å². The van der Waals surface area contributed by atoms with Crippen molar-refractivity contribution in [3.05, 3.63) is 26.6 Å². The van der Waals surface area contributed by atoms with E-state index < -0.39 is 0 Å². The Morgan fingerprint density at radius 1 is 1.14 bits per heavy atom. The molecule has 0 bridgehead atoms. The van der Waals surface area contributed by atoms with Crippen molar-refractivity contribution in [2.24, 2.45) is 0 Å². The van der Waals surface area contributed by atoms with Crippen LogP contribution in [0.1, 0.15) is 5.56 Å². The summed E-state index contributed by atoms with van der Waals surface area (Å²) in [5.41, 5.74) is 1.22. The number of hydrogen-bond donors (Lipinski definition) is 1. The van der Waals surface area contributed by atoms with Gasteiger partial charge in [0.2, 0.25) is 0 Å². The smallest absolute Gasteiger partial charge is 0.147 e. The minimum absolute atomic E-state index is 0.715. The first-order valence-electron chi connectivity index (χ1n) is 7.26. The zero-order valence-corrected chi connectivity index (χ0v) is 15.8. The highest BCUT2D eigenvalue weighted by molar-refractivity contribution is 9.11. The third-order valence-corrected chi connectivity index (χ3v) is 4.87. The molecule has 0 radical (unpaired) electrons. The van der Waals surface area contributed by atoms with Gasteiger partial charge < -0.3 is 15.0 Å². The number of likely N-dealkylation sites (N-methyl/N-ethyl adjacent to an activating group) is 1. The van der Waals surface area contributed by atoms with Gasteiger partial charge in [0.25, 0.3) is 0 Å². The summed E-state index contributed by atoms with van der Waals surface area (Å²) in [6, 6.07) is 4.21. The van der Waals surface area contributed by atoms with E-state index in [4.69, 9.17) is 4.74 Å². The Kier molecular flexibility index (Phi) is 6.95. The van der Waals surface area contributed by atoms with Gasteiger partial charge in [0, 0.05) is 39.3 Å². The fourth-order valence-corrected chi connectivity index (χ4v) is 3.91. The predicted octanol–water partition coefficient (Wildman–Crippen LogP) is 2.56. The van der Waals surface area contributed by atoms with Crippen molar-refractivity contribution in [3.8, 4) is 5.75 Å². The largest absolute Gasteiger partial charge is 0.490 e. The minimum atomic E-state index is 0.715. The van der Waals surface area contributed by atoms with Gasteiger partial charge >= 0.3 is 0 Å². The molecule has 2 rings (SSSR count). The molecule has 0 atom stereocenters. The Hall–Kier alpha value is -0.140. The summed E-state index contributed by atoms with van der Waals surface area (Å²) >= 11 is 7.20. The van der Waals surface area contributed by atoms with Gasteiger partial charge in [-0.2, -0.15) is 0 Å². The lowest BCUT2D eigenvalue weighted by molar-refractivity contribution is 0.133. The summed E-state index contributed by atoms with van der Waals surface area (Å²) in [7, 11) is 4.12. The van der Waals surface area contributed by atoms with E-state index in [1.807, 2.05) is 7.05 Å². The number of rotatable bonds is 6. The van der Waals surface area contributed by atoms with Gasteiger partial charge in [-0.1, -0.05) is 0 Å². The molecule has 6 heteroatoms. The summed E-state index contributed by atoms with van der Waals surface area (Å²) in [4.78, 5) is 4.82. The zero-order valence-electron chi connectivity index (χ0n) is 12.7. The highest BCUT2D eigenvalue weighted by atomic mass is 79.9. The maximum Gasteiger partial charge on any atom is 0.147 e. The van der Waals surface area contributed by atoms with Gasteiger partial charge in [0.1, 0.15) is 12.4 Å². The van der Waals surface area contributed by atoms with Crippen LogP contribution in [0.2, 0.25) is 0 Å². The summed E-state index contributed by atoms with van der Waals surface area (Å²) in [5.74, 6) is 0.893. The number of halogens is 2. The molecule has 0 amide bonds. The molecule has 0 unspecified atom stereocenters. The minimum Gasteiger partial charge on any atom is -0.490 e. The van der Waals surface area contributed by atoms with E-state index in [1.165, 1.54) is 5.56 Å². The van der Waals surface area contributed by atoms with Crippen molar-refractivity contribution < 1.29 is 4.74 Å². The molecule has 1 heterocycles. The number of ether oxygens (including phenoxy) is 1. The van der Waals surface area contributed by atoms with Crippen molar-refractivity contribution >= 4 is 31.9 Å². The Morgan fingerprint density at radius 2 is 1.76 bits per heavy atom. The molecule has 1 fully saturated rings. The van der Waals surface area contributed by atoms with Gasteiger partial charge in [-0.15, -0.1) is 0 Å². The van der Waals surface area contributed by atoms with Gasteiger partial charge in [-0.3, -0.25) is 4.90 Å². The molecule has 0 spiro atoms. The fraction of sp³-hybridized carbons (Fsp3) is 0.600. The molecule has 0 aromatic heterocycles. The summed E-state index contributed by atoms with van der Waals surface area (Å²) in [6.07, 6.45) is 0. The van der Waals surface area contributed by atoms with Crippen LogP contribution < -0.4 is 10.1 Å². The molecule has 1 aromatic rings. The van der Waals surface area contributed by atoms with E-state index in [0.29, 0.717) is 6.61 Å². The number of nitrogens with zero attached hydrogens (tertiary/aromatic N) is 2. The lowest BCUT2D eigenvalue weighted by atomic mass is 10.2. The average molecular weight is 421 g/mol. The Bertz CT molecular complexity index is 439. The summed E-state index contributed by atoms with van der Waals surface area (Å²) < 4.78 is 7.96. The molecule has 4 nitrogen and oxygen atoms in total. The number of benzene rings is 1. The van der Waals surface area contributed by atoms with E-state index in [0.717, 1.165) is 54.0 Å². The van der Waals surface area contributed by atoms with Crippen LogP contribution in [0.5, 0.6) is 5.75 Å². The monoisotopic (exact) mass is 419 g/mol. The molecule has 21 heavy (non-hydrogen) atoms. The highest BCUT2D eigenvalue weighted by Crippen LogP contribution is 2.34. The van der Waals surface area contributed by atoms with Crippen LogP contribution in [-0.2, 0) is 6.54 Å². The number of piperazine rings is 1. The summed E-state index contributed by atoms with van der Waals surface area (Å²) in [6.45, 7) is 7.08. The maximum atomic E-state index is 5.96. The normalized spacial score (nSPS) is 17.1. The van der Waals surface area contributed by atoms with Crippen LogP contribution in [0.4, 0.5) is 0 Å². The third-order valence-electron chi connectivity index (χ3n) is 3.69. The second kappa shape index (κ2) is 8.48. The number of nitrogens with one attached hydrogen (secondary N) is 1. The second-order valence-corrected chi connectivity index (χ2v) is 7.12. The molecule has 118 valence electrons. The molecular weight excluding hydrogens is 398 g/mol.